The molecule has 1 aliphatic rings. The van der Waals surface area contributed by atoms with E-state index in [-0.39, 0.29) is 32.0 Å². The highest BCUT2D eigenvalue weighted by molar-refractivity contribution is 5.70. The van der Waals surface area contributed by atoms with Crippen LogP contribution in [0.25, 0.3) is 0 Å². The molecule has 0 bridgehead atoms. The number of rotatable bonds is 34. The van der Waals surface area contributed by atoms with E-state index in [1.165, 1.54) is 51.4 Å². The molecule has 308 valence electrons. The van der Waals surface area contributed by atoms with Gasteiger partial charge < -0.3 is 39.4 Å². The van der Waals surface area contributed by atoms with Gasteiger partial charge in [-0.15, -0.1) is 0 Å². The summed E-state index contributed by atoms with van der Waals surface area (Å²) in [6.45, 7) is 3.34. The second kappa shape index (κ2) is 34.4. The lowest BCUT2D eigenvalue weighted by Gasteiger charge is -2.39. The summed E-state index contributed by atoms with van der Waals surface area (Å²) in [4.78, 5) is 25.2. The molecule has 1 heterocycles. The lowest BCUT2D eigenvalue weighted by Crippen LogP contribution is -2.59. The number of carbonyl (C=O) groups excluding carboxylic acids is 2. The fraction of sp³-hybridized carbons (Fsp3) is 0.814. The number of allylic oxidation sites excluding steroid dienone is 6. The van der Waals surface area contributed by atoms with Crippen LogP contribution in [-0.4, -0.2) is 89.0 Å². The molecule has 0 aromatic carbocycles. The van der Waals surface area contributed by atoms with E-state index in [0.29, 0.717) is 12.8 Å². The van der Waals surface area contributed by atoms with Crippen molar-refractivity contribution < 1.29 is 49.0 Å². The largest absolute Gasteiger partial charge is 0.462 e. The number of ether oxygens (including phenoxy) is 4. The molecule has 0 aromatic rings. The Hall–Kier alpha value is -2.08. The average Bonchev–Trinajstić information content (AvgIpc) is 3.15. The lowest BCUT2D eigenvalue weighted by molar-refractivity contribution is -0.305. The van der Waals surface area contributed by atoms with Crippen LogP contribution in [0.1, 0.15) is 168 Å². The summed E-state index contributed by atoms with van der Waals surface area (Å²) >= 11 is 0. The molecule has 1 aliphatic heterocycles. The average molecular weight is 753 g/mol. The number of aliphatic hydroxyl groups excluding tert-OH is 4. The number of carbonyl (C=O) groups is 2. The Balaban J connectivity index is 2.38. The van der Waals surface area contributed by atoms with Crippen LogP contribution in [0.4, 0.5) is 0 Å². The second-order valence-electron chi connectivity index (χ2n) is 14.4. The Kier molecular flexibility index (Phi) is 31.8. The van der Waals surface area contributed by atoms with E-state index in [2.05, 4.69) is 50.3 Å². The standard InChI is InChI=1S/C43H76O10/c1-3-5-7-9-11-13-15-17-19-21-23-25-27-29-31-38(45)50-34-36(35-51-43-42(49)41(48)40(47)37(33-44)53-43)52-39(46)32-30-28-26-24-22-20-18-16-14-12-10-8-6-4-2/h10,12,15-18,36-37,40-44,47-49H,3-9,11,13-14,19-35H2,1-2H3/b12-10+,17-15+,18-16+/t36-,37-,40+,41?,42?,43-/m0/s1. The molecule has 10 heteroatoms. The third-order valence-corrected chi connectivity index (χ3v) is 9.50. The highest BCUT2D eigenvalue weighted by atomic mass is 16.7. The number of hydrogen-bond donors (Lipinski definition) is 4. The number of unbranched alkanes of at least 4 members (excludes halogenated alkanes) is 17. The van der Waals surface area contributed by atoms with Crippen LogP contribution in [0.15, 0.2) is 36.5 Å². The maximum absolute atomic E-state index is 12.7. The first-order valence-corrected chi connectivity index (χ1v) is 21.1. The van der Waals surface area contributed by atoms with E-state index in [9.17, 15) is 30.0 Å². The fourth-order valence-electron chi connectivity index (χ4n) is 6.08. The monoisotopic (exact) mass is 753 g/mol. The van der Waals surface area contributed by atoms with Gasteiger partial charge in [0.2, 0.25) is 0 Å². The summed E-state index contributed by atoms with van der Waals surface area (Å²) < 4.78 is 22.1. The first-order chi connectivity index (χ1) is 25.8. The molecule has 6 atom stereocenters. The van der Waals surface area contributed by atoms with Crippen LogP contribution in [0.3, 0.4) is 0 Å². The Bertz CT molecular complexity index is 965. The van der Waals surface area contributed by atoms with Crippen molar-refractivity contribution >= 4 is 11.9 Å². The van der Waals surface area contributed by atoms with Gasteiger partial charge in [-0.2, -0.15) is 0 Å². The highest BCUT2D eigenvalue weighted by Gasteiger charge is 2.44. The maximum atomic E-state index is 12.7. The Morgan fingerprint density at radius 2 is 1.08 bits per heavy atom. The molecule has 10 nitrogen and oxygen atoms in total. The van der Waals surface area contributed by atoms with Crippen molar-refractivity contribution in [3.63, 3.8) is 0 Å². The van der Waals surface area contributed by atoms with Crippen molar-refractivity contribution in [2.45, 2.75) is 205 Å². The third-order valence-electron chi connectivity index (χ3n) is 9.50. The van der Waals surface area contributed by atoms with Crippen molar-refractivity contribution in [2.24, 2.45) is 0 Å². The van der Waals surface area contributed by atoms with Gasteiger partial charge >= 0.3 is 11.9 Å². The first-order valence-electron chi connectivity index (χ1n) is 21.1. The van der Waals surface area contributed by atoms with Crippen molar-refractivity contribution in [1.82, 2.24) is 0 Å². The molecule has 0 aliphatic carbocycles. The number of aliphatic hydroxyl groups is 4. The molecule has 4 N–H and O–H groups in total. The van der Waals surface area contributed by atoms with E-state index in [0.717, 1.165) is 77.0 Å². The van der Waals surface area contributed by atoms with Gasteiger partial charge in [0.15, 0.2) is 12.4 Å². The van der Waals surface area contributed by atoms with Crippen LogP contribution in [0.2, 0.25) is 0 Å². The minimum Gasteiger partial charge on any atom is -0.462 e. The molecule has 1 rings (SSSR count). The number of hydrogen-bond acceptors (Lipinski definition) is 10. The molecular formula is C43H76O10. The summed E-state index contributed by atoms with van der Waals surface area (Å²) in [6, 6.07) is 0. The van der Waals surface area contributed by atoms with Gasteiger partial charge in [-0.3, -0.25) is 9.59 Å². The first kappa shape index (κ1) is 48.9. The Labute approximate surface area is 321 Å². The van der Waals surface area contributed by atoms with Crippen LogP contribution >= 0.6 is 0 Å². The summed E-state index contributed by atoms with van der Waals surface area (Å²) in [5.74, 6) is -0.834. The number of esters is 2. The van der Waals surface area contributed by atoms with Crippen LogP contribution in [-0.2, 0) is 28.5 Å². The van der Waals surface area contributed by atoms with Crippen molar-refractivity contribution in [3.05, 3.63) is 36.5 Å². The van der Waals surface area contributed by atoms with Gasteiger partial charge in [0.1, 0.15) is 31.0 Å². The normalized spacial score (nSPS) is 21.2. The SMILES string of the molecule is CCCC/C=C/C/C=C/CCCCCCCC(=O)O[C@@H](COC(=O)CCCCCCC/C=C/CCCCCCC)CO[C@H]1O[C@@H](CO)[C@@H](O)C(O)C1O. The minimum atomic E-state index is -1.60. The molecule has 1 fully saturated rings. The van der Waals surface area contributed by atoms with Gasteiger partial charge in [-0.25, -0.2) is 0 Å². The van der Waals surface area contributed by atoms with E-state index in [1.54, 1.807) is 0 Å². The van der Waals surface area contributed by atoms with Crippen LogP contribution in [0.5, 0.6) is 0 Å². The van der Waals surface area contributed by atoms with Crippen LogP contribution < -0.4 is 0 Å². The third kappa shape index (κ3) is 26.4. The second-order valence-corrected chi connectivity index (χ2v) is 14.4. The topological polar surface area (TPSA) is 152 Å². The van der Waals surface area contributed by atoms with Crippen LogP contribution in [0, 0.1) is 0 Å². The maximum Gasteiger partial charge on any atom is 0.306 e. The molecule has 0 radical (unpaired) electrons. The summed E-state index contributed by atoms with van der Waals surface area (Å²) in [5, 5.41) is 40.0. The zero-order valence-corrected chi connectivity index (χ0v) is 33.3. The fourth-order valence-corrected chi connectivity index (χ4v) is 6.08. The minimum absolute atomic E-state index is 0.212. The van der Waals surface area contributed by atoms with Crippen molar-refractivity contribution in [2.75, 3.05) is 19.8 Å². The molecule has 0 aromatic heterocycles. The van der Waals surface area contributed by atoms with Gasteiger partial charge in [-0.1, -0.05) is 127 Å². The van der Waals surface area contributed by atoms with Crippen molar-refractivity contribution in [3.8, 4) is 0 Å². The predicted molar refractivity (Wildman–Crippen MR) is 210 cm³/mol. The zero-order valence-electron chi connectivity index (χ0n) is 33.3. The highest BCUT2D eigenvalue weighted by Crippen LogP contribution is 2.22. The molecule has 1 saturated heterocycles. The molecule has 0 saturated carbocycles. The summed E-state index contributed by atoms with van der Waals surface area (Å²) in [6.07, 6.45) is 30.0. The zero-order chi connectivity index (χ0) is 38.8. The van der Waals surface area contributed by atoms with E-state index in [1.807, 2.05) is 0 Å². The van der Waals surface area contributed by atoms with Gasteiger partial charge in [-0.05, 0) is 64.2 Å². The molecule has 2 unspecified atom stereocenters. The van der Waals surface area contributed by atoms with Crippen molar-refractivity contribution in [1.29, 1.82) is 0 Å². The molecule has 53 heavy (non-hydrogen) atoms. The quantitative estimate of drug-likeness (QED) is 0.0287. The van der Waals surface area contributed by atoms with Gasteiger partial charge in [0, 0.05) is 12.8 Å². The van der Waals surface area contributed by atoms with E-state index in [4.69, 9.17) is 18.9 Å². The predicted octanol–water partition coefficient (Wildman–Crippen LogP) is 8.33. The Morgan fingerprint density at radius 3 is 1.64 bits per heavy atom. The molecule has 0 spiro atoms. The summed E-state index contributed by atoms with van der Waals surface area (Å²) in [5.41, 5.74) is 0. The van der Waals surface area contributed by atoms with E-state index >= 15 is 0 Å². The van der Waals surface area contributed by atoms with E-state index < -0.39 is 49.4 Å². The Morgan fingerprint density at radius 1 is 0.585 bits per heavy atom. The molecular weight excluding hydrogens is 676 g/mol. The van der Waals surface area contributed by atoms with Gasteiger partial charge in [0.05, 0.1) is 13.2 Å². The summed E-state index contributed by atoms with van der Waals surface area (Å²) in [7, 11) is 0. The lowest BCUT2D eigenvalue weighted by atomic mass is 9.99. The molecule has 0 amide bonds. The van der Waals surface area contributed by atoms with Gasteiger partial charge in [0.25, 0.3) is 0 Å². The smallest absolute Gasteiger partial charge is 0.306 e.